The molecular weight excluding hydrogens is 378 g/mol. The van der Waals surface area contributed by atoms with E-state index in [1.807, 2.05) is 43.3 Å². The normalized spacial score (nSPS) is 15.6. The molecule has 1 amide bonds. The Morgan fingerprint density at radius 1 is 1.21 bits per heavy atom. The van der Waals surface area contributed by atoms with E-state index in [2.05, 4.69) is 20.7 Å². The molecule has 0 saturated heterocycles. The number of methoxy groups -OCH3 is 1. The number of allylic oxidation sites excluding steroid dienone is 1. The Morgan fingerprint density at radius 3 is 2.68 bits per heavy atom. The van der Waals surface area contributed by atoms with Crippen LogP contribution in [0.15, 0.2) is 66.1 Å². The monoisotopic (exact) mass is 395 g/mol. The van der Waals surface area contributed by atoms with Crippen LogP contribution in [0, 0.1) is 0 Å². The van der Waals surface area contributed by atoms with Crippen LogP contribution in [0.2, 0.25) is 5.02 Å². The average molecular weight is 396 g/mol. The van der Waals surface area contributed by atoms with Gasteiger partial charge in [0, 0.05) is 5.70 Å². The van der Waals surface area contributed by atoms with E-state index in [0.29, 0.717) is 27.9 Å². The number of amides is 1. The van der Waals surface area contributed by atoms with Crippen molar-refractivity contribution >= 4 is 29.1 Å². The Balaban J connectivity index is 1.76. The molecule has 0 bridgehead atoms. The minimum absolute atomic E-state index is 0.264. The number of anilines is 2. The van der Waals surface area contributed by atoms with Crippen molar-refractivity contribution in [2.45, 2.75) is 13.0 Å². The van der Waals surface area contributed by atoms with Gasteiger partial charge in [-0.15, -0.1) is 0 Å². The SMILES string of the molecule is COc1ccc([C@H]2C(C(=O)Nc3ccccc3Cl)=C(C)Nc3ncnn32)cc1. The molecule has 0 spiro atoms. The number of aromatic nitrogens is 3. The number of nitrogens with one attached hydrogen (secondary N) is 2. The second kappa shape index (κ2) is 7.36. The van der Waals surface area contributed by atoms with Crippen molar-refractivity contribution in [1.82, 2.24) is 14.8 Å². The van der Waals surface area contributed by atoms with Crippen molar-refractivity contribution in [3.05, 3.63) is 76.7 Å². The molecule has 2 aromatic carbocycles. The summed E-state index contributed by atoms with van der Waals surface area (Å²) in [7, 11) is 1.61. The summed E-state index contributed by atoms with van der Waals surface area (Å²) in [6, 6.07) is 14.2. The molecule has 7 nitrogen and oxygen atoms in total. The Bertz CT molecular complexity index is 1060. The smallest absolute Gasteiger partial charge is 0.255 e. The van der Waals surface area contributed by atoms with Gasteiger partial charge in [-0.3, -0.25) is 4.79 Å². The van der Waals surface area contributed by atoms with Gasteiger partial charge in [0.1, 0.15) is 18.1 Å². The van der Waals surface area contributed by atoms with E-state index in [1.165, 1.54) is 6.33 Å². The molecule has 0 fully saturated rings. The van der Waals surface area contributed by atoms with Crippen LogP contribution in [0.3, 0.4) is 0 Å². The first-order valence-electron chi connectivity index (χ1n) is 8.65. The van der Waals surface area contributed by atoms with Gasteiger partial charge < -0.3 is 15.4 Å². The lowest BCUT2D eigenvalue weighted by Gasteiger charge is -2.29. The Kier molecular flexibility index (Phi) is 4.75. The number of carbonyl (C=O) groups excluding carboxylic acids is 1. The van der Waals surface area contributed by atoms with E-state index < -0.39 is 6.04 Å². The van der Waals surface area contributed by atoms with E-state index in [4.69, 9.17) is 16.3 Å². The van der Waals surface area contributed by atoms with Crippen molar-refractivity contribution in [3.8, 4) is 5.75 Å². The quantitative estimate of drug-likeness (QED) is 0.700. The third-order valence-corrected chi connectivity index (χ3v) is 4.92. The van der Waals surface area contributed by atoms with Gasteiger partial charge >= 0.3 is 0 Å². The molecule has 4 rings (SSSR count). The largest absolute Gasteiger partial charge is 0.497 e. The topological polar surface area (TPSA) is 81.1 Å². The molecule has 1 atom stereocenters. The highest BCUT2D eigenvalue weighted by atomic mass is 35.5. The summed E-state index contributed by atoms with van der Waals surface area (Å²) in [5.74, 6) is 1.05. The van der Waals surface area contributed by atoms with Gasteiger partial charge in [-0.25, -0.2) is 4.68 Å². The lowest BCUT2D eigenvalue weighted by atomic mass is 9.95. The first kappa shape index (κ1) is 18.1. The minimum atomic E-state index is -0.438. The van der Waals surface area contributed by atoms with Crippen molar-refractivity contribution in [2.75, 3.05) is 17.7 Å². The zero-order valence-electron chi connectivity index (χ0n) is 15.3. The maximum absolute atomic E-state index is 13.2. The van der Waals surface area contributed by atoms with Gasteiger partial charge in [-0.1, -0.05) is 35.9 Å². The third kappa shape index (κ3) is 3.20. The molecular formula is C20H18ClN5O2. The molecule has 1 aliphatic heterocycles. The number of ether oxygens (including phenoxy) is 1. The summed E-state index contributed by atoms with van der Waals surface area (Å²) in [6.45, 7) is 1.84. The number of hydrogen-bond donors (Lipinski definition) is 2. The van der Waals surface area contributed by atoms with E-state index in [-0.39, 0.29) is 5.91 Å². The standard InChI is InChI=1S/C20H18ClN5O2/c1-12-17(19(27)25-16-6-4-3-5-15(16)21)18(26-20(24-12)22-11-23-26)13-7-9-14(28-2)10-8-13/h3-11,18H,1-2H3,(H,25,27)(H,22,23,24)/t18-/m0/s1. The van der Waals surface area contributed by atoms with Gasteiger partial charge in [0.25, 0.3) is 5.91 Å². The van der Waals surface area contributed by atoms with Crippen LogP contribution in [0.4, 0.5) is 11.6 Å². The number of benzene rings is 2. The predicted molar refractivity (Wildman–Crippen MR) is 108 cm³/mol. The molecule has 2 N–H and O–H groups in total. The predicted octanol–water partition coefficient (Wildman–Crippen LogP) is 3.87. The van der Waals surface area contributed by atoms with Gasteiger partial charge in [0.2, 0.25) is 5.95 Å². The number of halogens is 1. The molecule has 0 unspecified atom stereocenters. The average Bonchev–Trinajstić information content (AvgIpc) is 3.16. The van der Waals surface area contributed by atoms with E-state index in [0.717, 1.165) is 11.3 Å². The van der Waals surface area contributed by atoms with Gasteiger partial charge in [0.15, 0.2) is 0 Å². The molecule has 28 heavy (non-hydrogen) atoms. The summed E-state index contributed by atoms with van der Waals surface area (Å²) in [4.78, 5) is 17.5. The highest BCUT2D eigenvalue weighted by molar-refractivity contribution is 6.33. The molecule has 1 aliphatic rings. The molecule has 0 aliphatic carbocycles. The van der Waals surface area contributed by atoms with Crippen LogP contribution in [-0.2, 0) is 4.79 Å². The fourth-order valence-electron chi connectivity index (χ4n) is 3.23. The highest BCUT2D eigenvalue weighted by Crippen LogP contribution is 2.36. The summed E-state index contributed by atoms with van der Waals surface area (Å²) in [5.41, 5.74) is 2.67. The van der Waals surface area contributed by atoms with Crippen LogP contribution in [0.25, 0.3) is 0 Å². The Labute approximate surface area is 167 Å². The first-order valence-corrected chi connectivity index (χ1v) is 9.03. The van der Waals surface area contributed by atoms with Crippen LogP contribution in [0.5, 0.6) is 5.75 Å². The van der Waals surface area contributed by atoms with Gasteiger partial charge in [-0.2, -0.15) is 10.1 Å². The number of hydrogen-bond acceptors (Lipinski definition) is 5. The molecule has 2 heterocycles. The molecule has 3 aromatic rings. The lowest BCUT2D eigenvalue weighted by Crippen LogP contribution is -2.31. The zero-order chi connectivity index (χ0) is 19.7. The summed E-state index contributed by atoms with van der Waals surface area (Å²) < 4.78 is 6.94. The summed E-state index contributed by atoms with van der Waals surface area (Å²) >= 11 is 6.21. The van der Waals surface area contributed by atoms with Crippen molar-refractivity contribution in [2.24, 2.45) is 0 Å². The van der Waals surface area contributed by atoms with Crippen LogP contribution in [-0.4, -0.2) is 27.8 Å². The maximum atomic E-state index is 13.2. The number of nitrogens with zero attached hydrogens (tertiary/aromatic N) is 3. The highest BCUT2D eigenvalue weighted by Gasteiger charge is 2.33. The van der Waals surface area contributed by atoms with Crippen molar-refractivity contribution in [3.63, 3.8) is 0 Å². The van der Waals surface area contributed by atoms with Crippen LogP contribution in [0.1, 0.15) is 18.5 Å². The van der Waals surface area contributed by atoms with Crippen molar-refractivity contribution < 1.29 is 9.53 Å². The first-order chi connectivity index (χ1) is 13.6. The van der Waals surface area contributed by atoms with Crippen LogP contribution >= 0.6 is 11.6 Å². The number of rotatable bonds is 4. The van der Waals surface area contributed by atoms with E-state index in [1.54, 1.807) is 23.9 Å². The maximum Gasteiger partial charge on any atom is 0.255 e. The van der Waals surface area contributed by atoms with E-state index in [9.17, 15) is 4.79 Å². The number of carbonyl (C=O) groups is 1. The Hall–Kier alpha value is -3.32. The number of para-hydroxylation sites is 1. The van der Waals surface area contributed by atoms with Crippen LogP contribution < -0.4 is 15.4 Å². The molecule has 8 heteroatoms. The fraction of sp³-hybridized carbons (Fsp3) is 0.150. The van der Waals surface area contributed by atoms with Gasteiger partial charge in [-0.05, 0) is 36.8 Å². The summed E-state index contributed by atoms with van der Waals surface area (Å²) in [6.07, 6.45) is 1.46. The molecule has 1 aromatic heterocycles. The van der Waals surface area contributed by atoms with Gasteiger partial charge in [0.05, 0.1) is 23.4 Å². The zero-order valence-corrected chi connectivity index (χ0v) is 16.1. The molecule has 142 valence electrons. The second-order valence-electron chi connectivity index (χ2n) is 6.30. The molecule has 0 radical (unpaired) electrons. The third-order valence-electron chi connectivity index (χ3n) is 4.59. The van der Waals surface area contributed by atoms with Crippen molar-refractivity contribution in [1.29, 1.82) is 0 Å². The fourth-order valence-corrected chi connectivity index (χ4v) is 3.41. The second-order valence-corrected chi connectivity index (χ2v) is 6.71. The lowest BCUT2D eigenvalue weighted by molar-refractivity contribution is -0.113. The Morgan fingerprint density at radius 2 is 1.96 bits per heavy atom. The number of fused-ring (bicyclic) bond motifs is 1. The summed E-state index contributed by atoms with van der Waals surface area (Å²) in [5, 5.41) is 10.8. The molecule has 0 saturated carbocycles. The van der Waals surface area contributed by atoms with E-state index >= 15 is 0 Å². The minimum Gasteiger partial charge on any atom is -0.497 e.